The second-order valence-corrected chi connectivity index (χ2v) is 3.10. The molecule has 0 saturated heterocycles. The first-order valence-corrected chi connectivity index (χ1v) is 5.35. The summed E-state index contributed by atoms with van der Waals surface area (Å²) in [6, 6.07) is 0. The van der Waals surface area contributed by atoms with Crippen molar-refractivity contribution in [2.75, 3.05) is 0 Å². The number of allylic oxidation sites excluding steroid dienone is 1. The molecule has 10 heteroatoms. The highest BCUT2D eigenvalue weighted by molar-refractivity contribution is 6.50. The fourth-order valence-corrected chi connectivity index (χ4v) is 0.689. The van der Waals surface area contributed by atoms with Gasteiger partial charge in [-0.25, -0.2) is 13.9 Å². The van der Waals surface area contributed by atoms with Gasteiger partial charge in [0, 0.05) is 0 Å². The van der Waals surface area contributed by atoms with Gasteiger partial charge < -0.3 is 27.5 Å². The summed E-state index contributed by atoms with van der Waals surface area (Å²) >= 11 is 0. The molecule has 0 aliphatic carbocycles. The number of hydrogen-bond acceptors (Lipinski definition) is 1. The van der Waals surface area contributed by atoms with Gasteiger partial charge in [-0.1, -0.05) is 6.08 Å². The number of carbonyl (C=O) groups is 1. The third-order valence-corrected chi connectivity index (χ3v) is 1.19. The van der Waals surface area contributed by atoms with Gasteiger partial charge in [0.15, 0.2) is 0 Å². The summed E-state index contributed by atoms with van der Waals surface area (Å²) in [6.07, 6.45) is 6.06. The molecule has 5 nitrogen and oxygen atoms in total. The van der Waals surface area contributed by atoms with Crippen molar-refractivity contribution in [1.82, 2.24) is 4.57 Å². The number of hydrogen-bond donors (Lipinski definition) is 2. The summed E-state index contributed by atoms with van der Waals surface area (Å²) in [5, 5.41) is 13.9. The molecule has 1 rings (SSSR count). The van der Waals surface area contributed by atoms with Crippen molar-refractivity contribution in [2.24, 2.45) is 7.05 Å². The maximum absolute atomic E-state index is 9.75. The second-order valence-electron chi connectivity index (χ2n) is 3.10. The molecule has 0 bridgehead atoms. The van der Waals surface area contributed by atoms with E-state index in [0.29, 0.717) is 0 Å². The average molecular weight is 302 g/mol. The van der Waals surface area contributed by atoms with Crippen LogP contribution in [0.1, 0.15) is 13.8 Å². The fourth-order valence-electron chi connectivity index (χ4n) is 0.689. The van der Waals surface area contributed by atoms with Crippen LogP contribution in [0.4, 0.5) is 22.1 Å². The lowest BCUT2D eigenvalue weighted by Crippen LogP contribution is -2.23. The van der Waals surface area contributed by atoms with Crippen molar-refractivity contribution in [2.45, 2.75) is 20.4 Å². The number of aromatic nitrogens is 2. The molecule has 0 radical (unpaired) electrons. The zero-order chi connectivity index (χ0) is 16.8. The molecule has 0 aromatic carbocycles. The minimum atomic E-state index is -6.00. The summed E-state index contributed by atoms with van der Waals surface area (Å²) < 4.78 is 43.2. The molecule has 0 aliphatic rings. The molecule has 2 N–H and O–H groups in total. The molecule has 20 heavy (non-hydrogen) atoms. The van der Waals surface area contributed by atoms with Gasteiger partial charge in [-0.05, 0) is 13.8 Å². The van der Waals surface area contributed by atoms with E-state index in [2.05, 4.69) is 30.6 Å². The average Bonchev–Trinajstić information content (AvgIpc) is 2.62. The van der Waals surface area contributed by atoms with E-state index in [4.69, 9.17) is 15.0 Å². The van der Waals surface area contributed by atoms with Crippen LogP contribution in [0.15, 0.2) is 31.4 Å². The molecule has 0 fully saturated rings. The standard InChI is InChI=1S/C6H11N2.C3H6.CH2O3.BF4/c1-3-8-5-4-7(2)6-8;1-3-2;2-1(3)4;2-1(3,4)5/h4-6H,3H2,1-2H3;3H,1H2,2H3;(H2,2,3,4);/q+1;;;-1. The van der Waals surface area contributed by atoms with Crippen molar-refractivity contribution in [1.29, 1.82) is 0 Å². The van der Waals surface area contributed by atoms with Gasteiger partial charge >= 0.3 is 13.4 Å². The molecule has 0 spiro atoms. The lowest BCUT2D eigenvalue weighted by atomic mass is 10.3. The Bertz CT molecular complexity index is 360. The third-order valence-electron chi connectivity index (χ3n) is 1.19. The van der Waals surface area contributed by atoms with Gasteiger partial charge in [0.2, 0.25) is 6.33 Å². The van der Waals surface area contributed by atoms with Crippen LogP contribution < -0.4 is 4.57 Å². The predicted molar refractivity (Wildman–Crippen MR) is 68.0 cm³/mol. The number of nitrogens with zero attached hydrogens (tertiary/aromatic N) is 2. The predicted octanol–water partition coefficient (Wildman–Crippen LogP) is 3.05. The number of halogens is 4. The van der Waals surface area contributed by atoms with Gasteiger partial charge in [-0.2, -0.15) is 0 Å². The largest absolute Gasteiger partial charge is 0.673 e. The molecule has 1 aromatic rings. The van der Waals surface area contributed by atoms with Gasteiger partial charge in [-0.15, -0.1) is 6.58 Å². The molecule has 118 valence electrons. The summed E-state index contributed by atoms with van der Waals surface area (Å²) in [5.74, 6) is 0. The van der Waals surface area contributed by atoms with Gasteiger partial charge in [0.1, 0.15) is 12.4 Å². The van der Waals surface area contributed by atoms with Crippen LogP contribution >= 0.6 is 0 Å². The molecule has 0 saturated carbocycles. The minimum absolute atomic E-state index is 1.06. The van der Waals surface area contributed by atoms with E-state index in [-0.39, 0.29) is 0 Å². The number of imidazole rings is 1. The first-order chi connectivity index (χ1) is 8.97. The van der Waals surface area contributed by atoms with E-state index in [9.17, 15) is 17.3 Å². The van der Waals surface area contributed by atoms with Crippen LogP contribution in [0.3, 0.4) is 0 Å². The van der Waals surface area contributed by atoms with Crippen molar-refractivity contribution < 1.29 is 36.8 Å². The lowest BCUT2D eigenvalue weighted by Gasteiger charge is -1.94. The Labute approximate surface area is 114 Å². The van der Waals surface area contributed by atoms with Crippen LogP contribution in [0, 0.1) is 0 Å². The fraction of sp³-hybridized carbons (Fsp3) is 0.400. The second kappa shape index (κ2) is 13.4. The monoisotopic (exact) mass is 302 g/mol. The molecule has 0 aliphatic heterocycles. The smallest absolute Gasteiger partial charge is 0.450 e. The number of aryl methyl sites for hydroxylation is 2. The van der Waals surface area contributed by atoms with Crippen molar-refractivity contribution in [3.63, 3.8) is 0 Å². The summed E-state index contributed by atoms with van der Waals surface area (Å²) in [6.45, 7) is 8.43. The third kappa shape index (κ3) is 44.4. The maximum atomic E-state index is 9.75. The number of rotatable bonds is 1. The minimum Gasteiger partial charge on any atom is -0.450 e. The zero-order valence-corrected chi connectivity index (χ0v) is 11.5. The molecular formula is C10H19BF4N2O3. The van der Waals surface area contributed by atoms with Crippen LogP contribution in [-0.2, 0) is 13.6 Å². The Morgan fingerprint density at radius 3 is 1.80 bits per heavy atom. The van der Waals surface area contributed by atoms with Crippen molar-refractivity contribution in [3.8, 4) is 0 Å². The Morgan fingerprint density at radius 2 is 1.70 bits per heavy atom. The van der Waals surface area contributed by atoms with E-state index in [1.807, 2.05) is 24.7 Å². The normalized spacial score (nSPS) is 8.75. The Balaban J connectivity index is -0.000000211. The molecule has 1 heterocycles. The van der Waals surface area contributed by atoms with E-state index >= 15 is 0 Å². The zero-order valence-electron chi connectivity index (χ0n) is 11.5. The molecule has 0 unspecified atom stereocenters. The van der Waals surface area contributed by atoms with Crippen molar-refractivity contribution >= 4 is 13.4 Å². The summed E-state index contributed by atoms with van der Waals surface area (Å²) in [5.41, 5.74) is 0. The van der Waals surface area contributed by atoms with E-state index in [1.54, 1.807) is 6.08 Å². The Hall–Kier alpha value is -2.00. The molecule has 1 aromatic heterocycles. The quantitative estimate of drug-likeness (QED) is 0.363. The highest BCUT2D eigenvalue weighted by Crippen LogP contribution is 2.06. The van der Waals surface area contributed by atoms with E-state index < -0.39 is 13.4 Å². The maximum Gasteiger partial charge on any atom is 0.673 e. The van der Waals surface area contributed by atoms with Crippen LogP contribution in [0.25, 0.3) is 0 Å². The number of carboxylic acid groups (broad SMARTS) is 2. The highest BCUT2D eigenvalue weighted by atomic mass is 19.5. The summed E-state index contributed by atoms with van der Waals surface area (Å²) in [4.78, 5) is 8.56. The van der Waals surface area contributed by atoms with E-state index in [0.717, 1.165) is 6.54 Å². The molecule has 0 atom stereocenters. The van der Waals surface area contributed by atoms with E-state index in [1.165, 1.54) is 0 Å². The van der Waals surface area contributed by atoms with Crippen LogP contribution in [0.5, 0.6) is 0 Å². The van der Waals surface area contributed by atoms with Crippen molar-refractivity contribution in [3.05, 3.63) is 31.4 Å². The van der Waals surface area contributed by atoms with Gasteiger partial charge in [0.05, 0.1) is 13.6 Å². The molecular weight excluding hydrogens is 283 g/mol. The first kappa shape index (κ1) is 23.1. The van der Waals surface area contributed by atoms with Crippen LogP contribution in [-0.4, -0.2) is 28.2 Å². The topological polar surface area (TPSA) is 66.3 Å². The first-order valence-electron chi connectivity index (χ1n) is 5.35. The van der Waals surface area contributed by atoms with Crippen LogP contribution in [0.2, 0.25) is 0 Å². The summed E-state index contributed by atoms with van der Waals surface area (Å²) in [7, 11) is -3.98. The SMILES string of the molecule is C=CC.CCn1cc[n+](C)c1.F[B-](F)(F)F.O=C(O)O. The molecule has 0 amide bonds. The Morgan fingerprint density at radius 1 is 1.40 bits per heavy atom. The highest BCUT2D eigenvalue weighted by Gasteiger charge is 2.20. The van der Waals surface area contributed by atoms with Gasteiger partial charge in [-0.3, -0.25) is 0 Å². The Kier molecular flexibility index (Phi) is 15.5. The van der Waals surface area contributed by atoms with Gasteiger partial charge in [0.25, 0.3) is 0 Å². The lowest BCUT2D eigenvalue weighted by molar-refractivity contribution is -0.671.